The van der Waals surface area contributed by atoms with E-state index in [1.807, 2.05) is 68.6 Å². The second kappa shape index (κ2) is 10.1. The molecule has 1 N–H and O–H groups in total. The second-order valence-corrected chi connectivity index (χ2v) is 11.1. The van der Waals surface area contributed by atoms with Crippen LogP contribution in [0.4, 0.5) is 10.7 Å². The summed E-state index contributed by atoms with van der Waals surface area (Å²) in [4.78, 5) is 19.6. The zero-order valence-corrected chi connectivity index (χ0v) is 21.6. The van der Waals surface area contributed by atoms with Crippen LogP contribution in [0.15, 0.2) is 53.5 Å². The first-order chi connectivity index (χ1) is 16.3. The minimum absolute atomic E-state index is 0.0826. The SMILES string of the molecule is CCOc1ccccc1C=Nc1sc2c(c1C(=O)Nc1ccc(C)cc1)CC[C@H](C(C)(C)C)C2. The van der Waals surface area contributed by atoms with Crippen LogP contribution in [0, 0.1) is 18.3 Å². The topological polar surface area (TPSA) is 50.7 Å². The normalized spacial score (nSPS) is 15.9. The average Bonchev–Trinajstić information content (AvgIpc) is 3.17. The van der Waals surface area contributed by atoms with Gasteiger partial charge in [-0.15, -0.1) is 11.3 Å². The Morgan fingerprint density at radius 2 is 1.91 bits per heavy atom. The lowest BCUT2D eigenvalue weighted by Crippen LogP contribution is -2.27. The van der Waals surface area contributed by atoms with Crippen molar-refractivity contribution in [2.45, 2.75) is 53.9 Å². The fraction of sp³-hybridized carbons (Fsp3) is 0.379. The van der Waals surface area contributed by atoms with Gasteiger partial charge in [0.2, 0.25) is 0 Å². The standard InChI is InChI=1S/C29H34N2O2S/c1-6-33-24-10-8-7-9-20(24)18-30-28-26(27(32)31-22-14-11-19(2)12-15-22)23-16-13-21(29(3,4)5)17-25(23)34-28/h7-12,14-15,18,21H,6,13,16-17H2,1-5H3,(H,31,32)/t21-/m0/s1. The van der Waals surface area contributed by atoms with Gasteiger partial charge in [0.25, 0.3) is 5.91 Å². The van der Waals surface area contributed by atoms with Gasteiger partial charge in [-0.05, 0) is 74.3 Å². The Morgan fingerprint density at radius 3 is 2.62 bits per heavy atom. The van der Waals surface area contributed by atoms with Crippen molar-refractivity contribution < 1.29 is 9.53 Å². The van der Waals surface area contributed by atoms with E-state index in [0.717, 1.165) is 52.4 Å². The number of benzene rings is 2. The molecule has 0 bridgehead atoms. The number of rotatable bonds is 6. The molecule has 4 nitrogen and oxygen atoms in total. The fourth-order valence-corrected chi connectivity index (χ4v) is 5.74. The highest BCUT2D eigenvalue weighted by atomic mass is 32.1. The lowest BCUT2D eigenvalue weighted by atomic mass is 9.72. The highest BCUT2D eigenvalue weighted by molar-refractivity contribution is 7.16. The zero-order valence-electron chi connectivity index (χ0n) is 20.8. The van der Waals surface area contributed by atoms with E-state index in [0.29, 0.717) is 12.5 Å². The molecule has 0 saturated heterocycles. The van der Waals surface area contributed by atoms with E-state index in [2.05, 4.69) is 26.1 Å². The number of carbonyl (C=O) groups excluding carboxylic acids is 1. The Bertz CT molecular complexity index is 1190. The summed E-state index contributed by atoms with van der Waals surface area (Å²) in [5.74, 6) is 1.32. The molecule has 0 radical (unpaired) electrons. The summed E-state index contributed by atoms with van der Waals surface area (Å²) in [6, 6.07) is 15.8. The number of fused-ring (bicyclic) bond motifs is 1. The highest BCUT2D eigenvalue weighted by Gasteiger charge is 2.33. The number of amides is 1. The van der Waals surface area contributed by atoms with Crippen molar-refractivity contribution >= 4 is 34.1 Å². The summed E-state index contributed by atoms with van der Waals surface area (Å²) in [7, 11) is 0. The number of nitrogens with zero attached hydrogens (tertiary/aromatic N) is 1. The molecule has 1 aromatic heterocycles. The number of para-hydroxylation sites is 1. The molecule has 5 heteroatoms. The van der Waals surface area contributed by atoms with E-state index < -0.39 is 0 Å². The Balaban J connectivity index is 1.71. The van der Waals surface area contributed by atoms with Crippen LogP contribution >= 0.6 is 11.3 Å². The monoisotopic (exact) mass is 474 g/mol. The number of hydrogen-bond acceptors (Lipinski definition) is 4. The summed E-state index contributed by atoms with van der Waals surface area (Å²) in [6.45, 7) is 11.5. The van der Waals surface area contributed by atoms with Gasteiger partial charge < -0.3 is 10.1 Å². The molecule has 34 heavy (non-hydrogen) atoms. The average molecular weight is 475 g/mol. The molecule has 2 aromatic carbocycles. The summed E-state index contributed by atoms with van der Waals surface area (Å²) in [6.07, 6.45) is 4.83. The van der Waals surface area contributed by atoms with Crippen LogP contribution in [0.3, 0.4) is 0 Å². The van der Waals surface area contributed by atoms with Crippen LogP contribution in [0.25, 0.3) is 0 Å². The van der Waals surface area contributed by atoms with Crippen molar-refractivity contribution in [1.82, 2.24) is 0 Å². The summed E-state index contributed by atoms with van der Waals surface area (Å²) in [5.41, 5.74) is 5.01. The predicted molar refractivity (Wildman–Crippen MR) is 143 cm³/mol. The summed E-state index contributed by atoms with van der Waals surface area (Å²) < 4.78 is 5.76. The van der Waals surface area contributed by atoms with Crippen molar-refractivity contribution in [1.29, 1.82) is 0 Å². The Hall–Kier alpha value is -2.92. The van der Waals surface area contributed by atoms with Crippen LogP contribution in [0.1, 0.15) is 66.0 Å². The number of anilines is 1. The Kier molecular flexibility index (Phi) is 7.22. The van der Waals surface area contributed by atoms with Gasteiger partial charge in [-0.3, -0.25) is 4.79 Å². The minimum Gasteiger partial charge on any atom is -0.493 e. The molecule has 1 heterocycles. The second-order valence-electron chi connectivity index (χ2n) is 10.0. The van der Waals surface area contributed by atoms with Crippen LogP contribution in [-0.4, -0.2) is 18.7 Å². The van der Waals surface area contributed by atoms with Gasteiger partial charge in [-0.2, -0.15) is 0 Å². The molecule has 1 aliphatic carbocycles. The Labute approximate surface area is 207 Å². The third-order valence-corrected chi connectivity index (χ3v) is 7.71. The molecular weight excluding hydrogens is 440 g/mol. The lowest BCUT2D eigenvalue weighted by Gasteiger charge is -2.33. The van der Waals surface area contributed by atoms with E-state index in [1.165, 1.54) is 10.4 Å². The Morgan fingerprint density at radius 1 is 1.18 bits per heavy atom. The van der Waals surface area contributed by atoms with Crippen LogP contribution < -0.4 is 10.1 Å². The largest absolute Gasteiger partial charge is 0.493 e. The molecule has 0 spiro atoms. The van der Waals surface area contributed by atoms with E-state index in [4.69, 9.17) is 9.73 Å². The van der Waals surface area contributed by atoms with Gasteiger partial charge in [0, 0.05) is 22.3 Å². The lowest BCUT2D eigenvalue weighted by molar-refractivity contribution is 0.102. The molecule has 0 saturated carbocycles. The molecule has 1 aliphatic rings. The van der Waals surface area contributed by atoms with Crippen LogP contribution in [0.5, 0.6) is 5.75 Å². The van der Waals surface area contributed by atoms with Crippen LogP contribution in [0.2, 0.25) is 0 Å². The smallest absolute Gasteiger partial charge is 0.259 e. The van der Waals surface area contributed by atoms with Crippen molar-refractivity contribution in [3.05, 3.63) is 75.7 Å². The van der Waals surface area contributed by atoms with Crippen molar-refractivity contribution in [2.24, 2.45) is 16.3 Å². The number of hydrogen-bond donors (Lipinski definition) is 1. The third-order valence-electron chi connectivity index (χ3n) is 6.55. The van der Waals surface area contributed by atoms with Gasteiger partial charge >= 0.3 is 0 Å². The molecule has 4 rings (SSSR count). The fourth-order valence-electron chi connectivity index (χ4n) is 4.47. The number of thiophene rings is 1. The van der Waals surface area contributed by atoms with Crippen LogP contribution in [-0.2, 0) is 12.8 Å². The number of nitrogens with one attached hydrogen (secondary N) is 1. The van der Waals surface area contributed by atoms with E-state index in [-0.39, 0.29) is 11.3 Å². The number of aryl methyl sites for hydroxylation is 1. The van der Waals surface area contributed by atoms with E-state index in [1.54, 1.807) is 11.3 Å². The molecular formula is C29H34N2O2S. The molecule has 178 valence electrons. The van der Waals surface area contributed by atoms with Crippen molar-refractivity contribution in [3.8, 4) is 5.75 Å². The maximum absolute atomic E-state index is 13.5. The number of carbonyl (C=O) groups is 1. The van der Waals surface area contributed by atoms with E-state index >= 15 is 0 Å². The summed E-state index contributed by atoms with van der Waals surface area (Å²) >= 11 is 1.66. The number of aliphatic imine (C=N–C) groups is 1. The summed E-state index contributed by atoms with van der Waals surface area (Å²) in [5, 5.41) is 3.88. The number of ether oxygens (including phenoxy) is 1. The highest BCUT2D eigenvalue weighted by Crippen LogP contribution is 2.45. The maximum Gasteiger partial charge on any atom is 0.259 e. The van der Waals surface area contributed by atoms with Gasteiger partial charge in [0.1, 0.15) is 10.8 Å². The van der Waals surface area contributed by atoms with Gasteiger partial charge in [-0.1, -0.05) is 50.6 Å². The van der Waals surface area contributed by atoms with E-state index in [9.17, 15) is 4.79 Å². The first-order valence-corrected chi connectivity index (χ1v) is 12.9. The first-order valence-electron chi connectivity index (χ1n) is 12.0. The molecule has 0 aliphatic heterocycles. The molecule has 0 unspecified atom stereocenters. The van der Waals surface area contributed by atoms with Crippen molar-refractivity contribution in [2.75, 3.05) is 11.9 Å². The zero-order chi connectivity index (χ0) is 24.3. The maximum atomic E-state index is 13.5. The van der Waals surface area contributed by atoms with Gasteiger partial charge in [-0.25, -0.2) is 4.99 Å². The van der Waals surface area contributed by atoms with Crippen molar-refractivity contribution in [3.63, 3.8) is 0 Å². The minimum atomic E-state index is -0.0826. The molecule has 0 fully saturated rings. The quantitative estimate of drug-likeness (QED) is 0.374. The first kappa shape index (κ1) is 24.2. The van der Waals surface area contributed by atoms with Gasteiger partial charge in [0.05, 0.1) is 12.2 Å². The molecule has 1 amide bonds. The molecule has 1 atom stereocenters. The third kappa shape index (κ3) is 5.41. The predicted octanol–water partition coefficient (Wildman–Crippen LogP) is 7.61. The molecule has 3 aromatic rings. The van der Waals surface area contributed by atoms with Gasteiger partial charge in [0.15, 0.2) is 0 Å².